The van der Waals surface area contributed by atoms with E-state index in [2.05, 4.69) is 22.3 Å². The zero-order chi connectivity index (χ0) is 24.6. The summed E-state index contributed by atoms with van der Waals surface area (Å²) in [5.41, 5.74) is 4.47. The Labute approximate surface area is 210 Å². The maximum atomic E-state index is 13.6. The van der Waals surface area contributed by atoms with Crippen LogP contribution >= 0.6 is 11.3 Å². The van der Waals surface area contributed by atoms with Gasteiger partial charge in [-0.25, -0.2) is 13.4 Å². The summed E-state index contributed by atoms with van der Waals surface area (Å²) in [5.74, 6) is -0.331. The number of aromatic nitrogens is 1. The summed E-state index contributed by atoms with van der Waals surface area (Å²) in [7, 11) is -3.68. The third-order valence-electron chi connectivity index (χ3n) is 6.81. The van der Waals surface area contributed by atoms with Crippen LogP contribution in [0.2, 0.25) is 0 Å². The molecule has 7 nitrogen and oxygen atoms in total. The molecule has 0 radical (unpaired) electrons. The smallest absolute Gasteiger partial charge is 0.259 e. The number of nitrogens with one attached hydrogen (secondary N) is 1. The van der Waals surface area contributed by atoms with Crippen LogP contribution in [0.4, 0.5) is 10.8 Å². The third-order valence-corrected chi connectivity index (χ3v) is 9.89. The predicted molar refractivity (Wildman–Crippen MR) is 141 cm³/mol. The number of rotatable bonds is 7. The first kappa shape index (κ1) is 24.0. The zero-order valence-electron chi connectivity index (χ0n) is 20.1. The Morgan fingerprint density at radius 2 is 1.83 bits per heavy atom. The Kier molecular flexibility index (Phi) is 6.65. The number of benzene rings is 2. The molecule has 0 bridgehead atoms. The molecule has 0 atom stereocenters. The number of amides is 1. The maximum absolute atomic E-state index is 13.6. The number of carbonyl (C=O) groups is 1. The molecule has 3 aromatic rings. The summed E-state index contributed by atoms with van der Waals surface area (Å²) < 4.78 is 27.8. The average Bonchev–Trinajstić information content (AvgIpc) is 3.54. The fourth-order valence-corrected chi connectivity index (χ4v) is 7.43. The predicted octanol–water partition coefficient (Wildman–Crippen LogP) is 4.79. The SMILES string of the molecule is CCN(CC)S(=O)(=O)c1ccc(N2CCCC2)c(C(=O)Nc2nc3c(s2)CCc2ccccc2-3)c1. The van der Waals surface area contributed by atoms with Gasteiger partial charge in [-0.2, -0.15) is 4.31 Å². The second-order valence-electron chi connectivity index (χ2n) is 8.86. The van der Waals surface area contributed by atoms with Crippen molar-refractivity contribution in [2.24, 2.45) is 0 Å². The molecule has 1 aromatic heterocycles. The van der Waals surface area contributed by atoms with Crippen molar-refractivity contribution >= 4 is 38.1 Å². The Morgan fingerprint density at radius 1 is 1.09 bits per heavy atom. The summed E-state index contributed by atoms with van der Waals surface area (Å²) in [6.07, 6.45) is 3.97. The van der Waals surface area contributed by atoms with Crippen molar-refractivity contribution in [1.29, 1.82) is 0 Å². The number of hydrogen-bond donors (Lipinski definition) is 1. The molecule has 35 heavy (non-hydrogen) atoms. The number of aryl methyl sites for hydroxylation is 2. The van der Waals surface area contributed by atoms with Crippen LogP contribution in [0.1, 0.15) is 47.5 Å². The summed E-state index contributed by atoms with van der Waals surface area (Å²) in [4.78, 5) is 21.8. The van der Waals surface area contributed by atoms with Gasteiger partial charge in [-0.1, -0.05) is 38.1 Å². The van der Waals surface area contributed by atoms with Gasteiger partial charge in [0.25, 0.3) is 5.91 Å². The van der Waals surface area contributed by atoms with Crippen molar-refractivity contribution in [2.45, 2.75) is 44.4 Å². The molecule has 1 amide bonds. The van der Waals surface area contributed by atoms with Gasteiger partial charge in [-0.15, -0.1) is 11.3 Å². The molecule has 5 rings (SSSR count). The van der Waals surface area contributed by atoms with Gasteiger partial charge in [-0.05, 0) is 49.4 Å². The lowest BCUT2D eigenvalue weighted by Crippen LogP contribution is -2.31. The molecule has 0 saturated carbocycles. The highest BCUT2D eigenvalue weighted by atomic mass is 32.2. The molecule has 1 N–H and O–H groups in total. The lowest BCUT2D eigenvalue weighted by atomic mass is 9.94. The molecule has 184 valence electrons. The van der Waals surface area contributed by atoms with Gasteiger partial charge in [0.2, 0.25) is 10.0 Å². The number of fused-ring (bicyclic) bond motifs is 3. The number of nitrogens with zero attached hydrogens (tertiary/aromatic N) is 3. The second kappa shape index (κ2) is 9.72. The van der Waals surface area contributed by atoms with E-state index in [0.29, 0.717) is 23.8 Å². The van der Waals surface area contributed by atoms with Crippen LogP contribution in [0, 0.1) is 0 Å². The van der Waals surface area contributed by atoms with Gasteiger partial charge in [0.05, 0.1) is 16.2 Å². The van der Waals surface area contributed by atoms with Crippen molar-refractivity contribution in [3.8, 4) is 11.3 Å². The van der Waals surface area contributed by atoms with Crippen LogP contribution in [0.3, 0.4) is 0 Å². The first-order chi connectivity index (χ1) is 16.9. The van der Waals surface area contributed by atoms with Crippen LogP contribution in [0.25, 0.3) is 11.3 Å². The molecule has 1 fully saturated rings. The van der Waals surface area contributed by atoms with Crippen LogP contribution in [0.15, 0.2) is 47.4 Å². The first-order valence-corrected chi connectivity index (χ1v) is 14.5. The quantitative estimate of drug-likeness (QED) is 0.494. The van der Waals surface area contributed by atoms with E-state index >= 15 is 0 Å². The lowest BCUT2D eigenvalue weighted by Gasteiger charge is -2.23. The van der Waals surface area contributed by atoms with Crippen molar-refractivity contribution in [3.05, 3.63) is 58.5 Å². The van der Waals surface area contributed by atoms with E-state index in [1.807, 2.05) is 26.0 Å². The molecule has 1 aliphatic carbocycles. The van der Waals surface area contributed by atoms with E-state index in [1.165, 1.54) is 27.3 Å². The van der Waals surface area contributed by atoms with Gasteiger partial charge in [0.15, 0.2) is 5.13 Å². The van der Waals surface area contributed by atoms with E-state index in [4.69, 9.17) is 4.98 Å². The topological polar surface area (TPSA) is 82.6 Å². The molecule has 1 saturated heterocycles. The second-order valence-corrected chi connectivity index (χ2v) is 11.9. The molecule has 2 aromatic carbocycles. The van der Waals surface area contributed by atoms with E-state index in [-0.39, 0.29) is 10.8 Å². The minimum atomic E-state index is -3.68. The highest BCUT2D eigenvalue weighted by molar-refractivity contribution is 7.89. The van der Waals surface area contributed by atoms with Crippen LogP contribution in [-0.4, -0.2) is 49.8 Å². The molecule has 9 heteroatoms. The fraction of sp³-hybridized carbons (Fsp3) is 0.385. The normalized spacial score (nSPS) is 15.2. The molecule has 0 unspecified atom stereocenters. The summed E-state index contributed by atoms with van der Waals surface area (Å²) in [6, 6.07) is 13.2. The van der Waals surface area contributed by atoms with Gasteiger partial charge >= 0.3 is 0 Å². The number of anilines is 2. The highest BCUT2D eigenvalue weighted by Gasteiger charge is 2.27. The van der Waals surface area contributed by atoms with Crippen LogP contribution in [-0.2, 0) is 22.9 Å². The number of hydrogen-bond acceptors (Lipinski definition) is 6. The molecule has 2 aliphatic rings. The molecule has 0 spiro atoms. The first-order valence-electron chi connectivity index (χ1n) is 12.2. The van der Waals surface area contributed by atoms with E-state index in [9.17, 15) is 13.2 Å². The molecular weight excluding hydrogens is 480 g/mol. The standard InChI is InChI=1S/C26H30N4O3S2/c1-3-30(4-2)35(32,33)19-12-13-22(29-15-7-8-16-29)21(17-19)25(31)28-26-27-24-20-10-6-5-9-18(20)11-14-23(24)34-26/h5-6,9-10,12-13,17H,3-4,7-8,11,14-16H2,1-2H3,(H,27,28,31). The van der Waals surface area contributed by atoms with Crippen molar-refractivity contribution in [3.63, 3.8) is 0 Å². The van der Waals surface area contributed by atoms with Gasteiger partial charge in [0, 0.05) is 42.3 Å². The summed E-state index contributed by atoms with van der Waals surface area (Å²) in [6.45, 7) is 6.08. The lowest BCUT2D eigenvalue weighted by molar-refractivity contribution is 0.102. The summed E-state index contributed by atoms with van der Waals surface area (Å²) in [5, 5.41) is 3.52. The van der Waals surface area contributed by atoms with Gasteiger partial charge in [-0.3, -0.25) is 10.1 Å². The monoisotopic (exact) mass is 510 g/mol. The third kappa shape index (κ3) is 4.48. The van der Waals surface area contributed by atoms with E-state index in [0.717, 1.165) is 60.6 Å². The summed E-state index contributed by atoms with van der Waals surface area (Å²) >= 11 is 1.50. The Morgan fingerprint density at radius 3 is 2.57 bits per heavy atom. The Balaban J connectivity index is 1.50. The zero-order valence-corrected chi connectivity index (χ0v) is 21.7. The maximum Gasteiger partial charge on any atom is 0.259 e. The van der Waals surface area contributed by atoms with Crippen LogP contribution in [0.5, 0.6) is 0 Å². The fourth-order valence-electron chi connectivity index (χ4n) is 4.97. The van der Waals surface area contributed by atoms with Crippen molar-refractivity contribution < 1.29 is 13.2 Å². The Bertz CT molecular complexity index is 1360. The average molecular weight is 511 g/mol. The number of carbonyl (C=O) groups excluding carboxylic acids is 1. The van der Waals surface area contributed by atoms with Crippen LogP contribution < -0.4 is 10.2 Å². The molecule has 1 aliphatic heterocycles. The minimum absolute atomic E-state index is 0.140. The highest BCUT2D eigenvalue weighted by Crippen LogP contribution is 2.38. The van der Waals surface area contributed by atoms with Crippen molar-refractivity contribution in [1.82, 2.24) is 9.29 Å². The number of thiazole rings is 1. The molecule has 2 heterocycles. The van der Waals surface area contributed by atoms with E-state index < -0.39 is 10.0 Å². The van der Waals surface area contributed by atoms with Crippen molar-refractivity contribution in [2.75, 3.05) is 36.4 Å². The van der Waals surface area contributed by atoms with Gasteiger partial charge in [0.1, 0.15) is 0 Å². The largest absolute Gasteiger partial charge is 0.371 e. The Hall–Kier alpha value is -2.75. The minimum Gasteiger partial charge on any atom is -0.371 e. The molecular formula is C26H30N4O3S2. The number of sulfonamides is 1. The van der Waals surface area contributed by atoms with Gasteiger partial charge < -0.3 is 4.90 Å². The van der Waals surface area contributed by atoms with E-state index in [1.54, 1.807) is 12.1 Å².